The van der Waals surface area contributed by atoms with Gasteiger partial charge in [0.1, 0.15) is 5.75 Å². The number of nitrogens with one attached hydrogen (secondary N) is 1. The van der Waals surface area contributed by atoms with Crippen LogP contribution < -0.4 is 19.5 Å². The molecule has 2 aromatic carbocycles. The van der Waals surface area contributed by atoms with Crippen molar-refractivity contribution < 1.29 is 19.0 Å². The van der Waals surface area contributed by atoms with Crippen LogP contribution in [-0.2, 0) is 0 Å². The summed E-state index contributed by atoms with van der Waals surface area (Å²) >= 11 is 0. The van der Waals surface area contributed by atoms with Crippen LogP contribution in [0.3, 0.4) is 0 Å². The minimum absolute atomic E-state index is 0.242. The van der Waals surface area contributed by atoms with Crippen molar-refractivity contribution in [3.05, 3.63) is 48.0 Å². The Hall–Kier alpha value is -2.69. The lowest BCUT2D eigenvalue weighted by Crippen LogP contribution is -2.13. The SMILES string of the molecule is CCOc1cc(C(=O)Nc2ccccc2OC)ccc1OC. The minimum atomic E-state index is -0.242. The molecule has 1 amide bonds. The Bertz CT molecular complexity index is 655. The summed E-state index contributed by atoms with van der Waals surface area (Å²) in [6.45, 7) is 2.37. The second-order valence-electron chi connectivity index (χ2n) is 4.45. The molecule has 2 rings (SSSR count). The maximum atomic E-state index is 12.4. The van der Waals surface area contributed by atoms with Gasteiger partial charge in [-0.3, -0.25) is 4.79 Å². The number of para-hydroxylation sites is 2. The molecule has 0 saturated carbocycles. The summed E-state index contributed by atoms with van der Waals surface area (Å²) in [5.41, 5.74) is 1.10. The second kappa shape index (κ2) is 7.36. The number of carbonyl (C=O) groups excluding carboxylic acids is 1. The number of hydrogen-bond acceptors (Lipinski definition) is 4. The topological polar surface area (TPSA) is 56.8 Å². The van der Waals surface area contributed by atoms with Gasteiger partial charge in [-0.15, -0.1) is 0 Å². The molecule has 0 fully saturated rings. The van der Waals surface area contributed by atoms with Crippen molar-refractivity contribution in [1.82, 2.24) is 0 Å². The lowest BCUT2D eigenvalue weighted by Gasteiger charge is -2.12. The third-order valence-electron chi connectivity index (χ3n) is 3.08. The van der Waals surface area contributed by atoms with Crippen LogP contribution in [0, 0.1) is 0 Å². The van der Waals surface area contributed by atoms with E-state index < -0.39 is 0 Å². The minimum Gasteiger partial charge on any atom is -0.495 e. The molecule has 0 heterocycles. The summed E-state index contributed by atoms with van der Waals surface area (Å²) in [5, 5.41) is 2.82. The van der Waals surface area contributed by atoms with Gasteiger partial charge in [0, 0.05) is 5.56 Å². The maximum Gasteiger partial charge on any atom is 0.255 e. The van der Waals surface area contributed by atoms with Crippen molar-refractivity contribution >= 4 is 11.6 Å². The third-order valence-corrected chi connectivity index (χ3v) is 3.08. The molecular weight excluding hydrogens is 282 g/mol. The Morgan fingerprint density at radius 3 is 2.41 bits per heavy atom. The quantitative estimate of drug-likeness (QED) is 0.889. The highest BCUT2D eigenvalue weighted by Gasteiger charge is 2.13. The first-order valence-electron chi connectivity index (χ1n) is 6.94. The van der Waals surface area contributed by atoms with E-state index in [0.29, 0.717) is 35.1 Å². The first-order chi connectivity index (χ1) is 10.7. The summed E-state index contributed by atoms with van der Waals surface area (Å²) in [4.78, 5) is 12.4. The second-order valence-corrected chi connectivity index (χ2v) is 4.45. The highest BCUT2D eigenvalue weighted by molar-refractivity contribution is 6.05. The molecule has 22 heavy (non-hydrogen) atoms. The zero-order valence-electron chi connectivity index (χ0n) is 12.9. The van der Waals surface area contributed by atoms with Crippen LogP contribution in [0.15, 0.2) is 42.5 Å². The van der Waals surface area contributed by atoms with Crippen LogP contribution in [0.4, 0.5) is 5.69 Å². The van der Waals surface area contributed by atoms with Crippen LogP contribution in [0.5, 0.6) is 17.2 Å². The number of ether oxygens (including phenoxy) is 3. The number of amides is 1. The van der Waals surface area contributed by atoms with Gasteiger partial charge in [-0.25, -0.2) is 0 Å². The van der Waals surface area contributed by atoms with Crippen LogP contribution >= 0.6 is 0 Å². The average molecular weight is 301 g/mol. The fourth-order valence-corrected chi connectivity index (χ4v) is 2.03. The molecule has 0 radical (unpaired) electrons. The molecule has 2 aromatic rings. The summed E-state index contributed by atoms with van der Waals surface area (Å²) in [6.07, 6.45) is 0. The molecule has 0 bridgehead atoms. The van der Waals surface area contributed by atoms with Crippen LogP contribution in [0.1, 0.15) is 17.3 Å². The van der Waals surface area contributed by atoms with E-state index in [2.05, 4.69) is 5.32 Å². The van der Waals surface area contributed by atoms with Gasteiger partial charge >= 0.3 is 0 Å². The van der Waals surface area contributed by atoms with E-state index in [4.69, 9.17) is 14.2 Å². The van der Waals surface area contributed by atoms with Gasteiger partial charge in [-0.1, -0.05) is 12.1 Å². The summed E-state index contributed by atoms with van der Waals surface area (Å²) < 4.78 is 15.9. The number of anilines is 1. The van der Waals surface area contributed by atoms with E-state index in [1.807, 2.05) is 19.1 Å². The number of carbonyl (C=O) groups is 1. The lowest BCUT2D eigenvalue weighted by atomic mass is 10.1. The molecule has 1 N–H and O–H groups in total. The molecule has 0 aliphatic carbocycles. The molecule has 0 saturated heterocycles. The smallest absolute Gasteiger partial charge is 0.255 e. The molecule has 0 aromatic heterocycles. The molecule has 0 spiro atoms. The Labute approximate surface area is 129 Å². The Balaban J connectivity index is 2.24. The van der Waals surface area contributed by atoms with Gasteiger partial charge in [0.15, 0.2) is 11.5 Å². The number of hydrogen-bond donors (Lipinski definition) is 1. The van der Waals surface area contributed by atoms with Crippen molar-refractivity contribution in [1.29, 1.82) is 0 Å². The van der Waals surface area contributed by atoms with Crippen molar-refractivity contribution in [2.24, 2.45) is 0 Å². The van der Waals surface area contributed by atoms with Crippen LogP contribution in [0.25, 0.3) is 0 Å². The Morgan fingerprint density at radius 1 is 1.00 bits per heavy atom. The predicted octanol–water partition coefficient (Wildman–Crippen LogP) is 3.35. The highest BCUT2D eigenvalue weighted by Crippen LogP contribution is 2.29. The van der Waals surface area contributed by atoms with Crippen molar-refractivity contribution in [2.45, 2.75) is 6.92 Å². The molecule has 0 atom stereocenters. The molecule has 0 unspecified atom stereocenters. The van der Waals surface area contributed by atoms with Gasteiger partial charge in [-0.2, -0.15) is 0 Å². The summed E-state index contributed by atoms with van der Waals surface area (Å²) in [6, 6.07) is 12.3. The van der Waals surface area contributed by atoms with Gasteiger partial charge < -0.3 is 19.5 Å². The number of methoxy groups -OCH3 is 2. The number of rotatable bonds is 6. The third kappa shape index (κ3) is 3.49. The Kier molecular flexibility index (Phi) is 5.25. The van der Waals surface area contributed by atoms with Crippen LogP contribution in [0.2, 0.25) is 0 Å². The van der Waals surface area contributed by atoms with E-state index in [9.17, 15) is 4.79 Å². The first-order valence-corrected chi connectivity index (χ1v) is 6.94. The van der Waals surface area contributed by atoms with Gasteiger partial charge in [0.05, 0.1) is 26.5 Å². The van der Waals surface area contributed by atoms with Crippen molar-refractivity contribution in [2.75, 3.05) is 26.1 Å². The number of benzene rings is 2. The predicted molar refractivity (Wildman–Crippen MR) is 85.1 cm³/mol. The van der Waals surface area contributed by atoms with E-state index >= 15 is 0 Å². The molecule has 5 heteroatoms. The van der Waals surface area contributed by atoms with Gasteiger partial charge in [0.2, 0.25) is 0 Å². The maximum absolute atomic E-state index is 12.4. The lowest BCUT2D eigenvalue weighted by molar-refractivity contribution is 0.102. The molecule has 0 aliphatic rings. The first kappa shape index (κ1) is 15.7. The van der Waals surface area contributed by atoms with E-state index in [1.54, 1.807) is 44.6 Å². The summed E-state index contributed by atoms with van der Waals surface area (Å²) in [5.74, 6) is 1.50. The Morgan fingerprint density at radius 2 is 1.73 bits per heavy atom. The van der Waals surface area contributed by atoms with Gasteiger partial charge in [-0.05, 0) is 37.3 Å². The monoisotopic (exact) mass is 301 g/mol. The molecule has 5 nitrogen and oxygen atoms in total. The fraction of sp³-hybridized carbons (Fsp3) is 0.235. The molecular formula is C17H19NO4. The van der Waals surface area contributed by atoms with Crippen molar-refractivity contribution in [3.63, 3.8) is 0 Å². The average Bonchev–Trinajstić information content (AvgIpc) is 2.55. The molecule has 0 aliphatic heterocycles. The van der Waals surface area contributed by atoms with E-state index in [-0.39, 0.29) is 5.91 Å². The standard InChI is InChI=1S/C17H19NO4/c1-4-22-16-11-12(9-10-15(16)21-3)17(19)18-13-7-5-6-8-14(13)20-2/h5-11H,4H2,1-3H3,(H,18,19). The zero-order chi connectivity index (χ0) is 15.9. The normalized spacial score (nSPS) is 9.95. The zero-order valence-corrected chi connectivity index (χ0v) is 12.9. The molecule has 116 valence electrons. The summed E-state index contributed by atoms with van der Waals surface area (Å²) in [7, 11) is 3.12. The van der Waals surface area contributed by atoms with Crippen molar-refractivity contribution in [3.8, 4) is 17.2 Å². The van der Waals surface area contributed by atoms with Gasteiger partial charge in [0.25, 0.3) is 5.91 Å². The highest BCUT2D eigenvalue weighted by atomic mass is 16.5. The van der Waals surface area contributed by atoms with Crippen LogP contribution in [-0.4, -0.2) is 26.7 Å². The largest absolute Gasteiger partial charge is 0.495 e. The fourth-order valence-electron chi connectivity index (χ4n) is 2.03. The van der Waals surface area contributed by atoms with E-state index in [1.165, 1.54) is 0 Å². The van der Waals surface area contributed by atoms with E-state index in [0.717, 1.165) is 0 Å².